The topological polar surface area (TPSA) is 73.6 Å². The zero-order valence-electron chi connectivity index (χ0n) is 18.8. The van der Waals surface area contributed by atoms with Crippen molar-refractivity contribution in [1.82, 2.24) is 0 Å². The average Bonchev–Trinajstić information content (AvgIpc) is 2.83. The van der Waals surface area contributed by atoms with E-state index in [4.69, 9.17) is 15.2 Å². The van der Waals surface area contributed by atoms with Crippen LogP contribution in [0.15, 0.2) is 65.5 Å². The number of hydrogen-bond donors (Lipinski definition) is 2. The minimum Gasteiger partial charge on any atom is -0.497 e. The summed E-state index contributed by atoms with van der Waals surface area (Å²) < 4.78 is 10.0. The van der Waals surface area contributed by atoms with Crippen LogP contribution in [0.3, 0.4) is 0 Å². The molecule has 0 atom stereocenters. The Bertz CT molecular complexity index is 948. The molecule has 0 unspecified atom stereocenters. The molecule has 2 aromatic carbocycles. The maximum Gasteiger partial charge on any atom is 0.305 e. The third-order valence-corrected chi connectivity index (χ3v) is 6.69. The number of carbonyl (C=O) groups is 1. The fourth-order valence-electron chi connectivity index (χ4n) is 4.06. The number of esters is 1. The fourth-order valence-corrected chi connectivity index (χ4v) is 4.64. The van der Waals surface area contributed by atoms with Gasteiger partial charge in [-0.1, -0.05) is 48.7 Å². The Morgan fingerprint density at radius 2 is 1.88 bits per heavy atom. The van der Waals surface area contributed by atoms with Crippen LogP contribution in [0.25, 0.3) is 5.70 Å². The molecule has 6 heteroatoms. The second kappa shape index (κ2) is 11.7. The number of nitrogens with one attached hydrogen (secondary N) is 1. The van der Waals surface area contributed by atoms with Gasteiger partial charge in [0.05, 0.1) is 19.2 Å². The van der Waals surface area contributed by atoms with Crippen LogP contribution in [0.2, 0.25) is 0 Å². The highest BCUT2D eigenvalue weighted by molar-refractivity contribution is 8.06. The second-order valence-corrected chi connectivity index (χ2v) is 9.06. The summed E-state index contributed by atoms with van der Waals surface area (Å²) >= 11 is 1.46. The fraction of sp³-hybridized carbons (Fsp3) is 0.346. The van der Waals surface area contributed by atoms with Gasteiger partial charge in [-0.15, -0.1) is 0 Å². The van der Waals surface area contributed by atoms with Gasteiger partial charge in [0, 0.05) is 29.3 Å². The van der Waals surface area contributed by atoms with E-state index in [9.17, 15) is 4.79 Å². The minimum absolute atomic E-state index is 0.0979. The van der Waals surface area contributed by atoms with Crippen LogP contribution >= 0.6 is 11.8 Å². The number of hydrogen-bond acceptors (Lipinski definition) is 6. The van der Waals surface area contributed by atoms with Crippen molar-refractivity contribution in [3.63, 3.8) is 0 Å². The Balaban J connectivity index is 1.51. The molecular formula is C26H32N2O3S. The zero-order valence-corrected chi connectivity index (χ0v) is 19.6. The molecule has 3 N–H and O–H groups in total. The van der Waals surface area contributed by atoms with Gasteiger partial charge in [-0.25, -0.2) is 0 Å². The predicted octanol–water partition coefficient (Wildman–Crippen LogP) is 6.11. The van der Waals surface area contributed by atoms with Crippen LogP contribution in [-0.4, -0.2) is 20.2 Å². The van der Waals surface area contributed by atoms with Crippen LogP contribution < -0.4 is 15.8 Å². The number of nitrogens with two attached hydrogens (primary N) is 1. The number of methoxy groups -OCH3 is 2. The van der Waals surface area contributed by atoms with Crippen molar-refractivity contribution in [2.45, 2.75) is 38.0 Å². The SMILES string of the molecule is C=C(Nc1cccc(OC)c1)S/C=C(\N)c1ccc(C2CCC(CC(=O)OC)CC2)cc1. The molecule has 170 valence electrons. The highest BCUT2D eigenvalue weighted by Crippen LogP contribution is 2.37. The van der Waals surface area contributed by atoms with Gasteiger partial charge in [0.15, 0.2) is 0 Å². The molecule has 0 radical (unpaired) electrons. The summed E-state index contributed by atoms with van der Waals surface area (Å²) in [5, 5.41) is 5.94. The Morgan fingerprint density at radius 3 is 2.53 bits per heavy atom. The normalized spacial score (nSPS) is 18.6. The highest BCUT2D eigenvalue weighted by Gasteiger charge is 2.24. The van der Waals surface area contributed by atoms with E-state index in [2.05, 4.69) is 36.2 Å². The zero-order chi connectivity index (χ0) is 22.9. The Labute approximate surface area is 195 Å². The summed E-state index contributed by atoms with van der Waals surface area (Å²) in [7, 11) is 3.11. The lowest BCUT2D eigenvalue weighted by molar-refractivity contribution is -0.142. The van der Waals surface area contributed by atoms with E-state index in [0.717, 1.165) is 47.7 Å². The first-order valence-corrected chi connectivity index (χ1v) is 11.8. The van der Waals surface area contributed by atoms with E-state index >= 15 is 0 Å². The maximum atomic E-state index is 11.5. The quantitative estimate of drug-likeness (QED) is 0.448. The number of ether oxygens (including phenoxy) is 2. The van der Waals surface area contributed by atoms with Crippen molar-refractivity contribution < 1.29 is 14.3 Å². The molecule has 1 aliphatic carbocycles. The van der Waals surface area contributed by atoms with Crippen LogP contribution in [0.4, 0.5) is 5.69 Å². The van der Waals surface area contributed by atoms with E-state index in [-0.39, 0.29) is 5.97 Å². The van der Waals surface area contributed by atoms with Gasteiger partial charge in [-0.2, -0.15) is 0 Å². The first kappa shape index (κ1) is 23.8. The molecule has 1 aliphatic rings. The van der Waals surface area contributed by atoms with Gasteiger partial charge in [0.25, 0.3) is 0 Å². The van der Waals surface area contributed by atoms with Crippen molar-refractivity contribution in [1.29, 1.82) is 0 Å². The Morgan fingerprint density at radius 1 is 1.16 bits per heavy atom. The third-order valence-electron chi connectivity index (χ3n) is 5.93. The molecule has 5 nitrogen and oxygen atoms in total. The van der Waals surface area contributed by atoms with E-state index in [1.54, 1.807) is 7.11 Å². The van der Waals surface area contributed by atoms with Crippen molar-refractivity contribution in [2.75, 3.05) is 19.5 Å². The van der Waals surface area contributed by atoms with Crippen molar-refractivity contribution in [3.05, 3.63) is 76.7 Å². The number of thioether (sulfide) groups is 1. The van der Waals surface area contributed by atoms with Crippen LogP contribution in [0, 0.1) is 5.92 Å². The van der Waals surface area contributed by atoms with Crippen molar-refractivity contribution >= 4 is 29.1 Å². The standard InChI is InChI=1S/C26H32N2O3S/c1-18(28-23-5-4-6-24(16-23)30-2)32-17-25(27)22-13-11-21(12-14-22)20-9-7-19(8-10-20)15-26(29)31-3/h4-6,11-14,16-17,19-20,28H,1,7-10,15,27H2,2-3H3/b25-17-. The van der Waals surface area contributed by atoms with Gasteiger partial charge >= 0.3 is 5.97 Å². The van der Waals surface area contributed by atoms with Gasteiger partial charge < -0.3 is 20.5 Å². The monoisotopic (exact) mass is 452 g/mol. The molecule has 32 heavy (non-hydrogen) atoms. The molecule has 1 fully saturated rings. The molecule has 0 aromatic heterocycles. The number of carbonyl (C=O) groups excluding carboxylic acids is 1. The van der Waals surface area contributed by atoms with Crippen LogP contribution in [0.1, 0.15) is 49.1 Å². The maximum absolute atomic E-state index is 11.5. The van der Waals surface area contributed by atoms with E-state index in [1.165, 1.54) is 24.4 Å². The smallest absolute Gasteiger partial charge is 0.305 e. The summed E-state index contributed by atoms with van der Waals surface area (Å²) in [5.41, 5.74) is 10.3. The molecule has 2 aromatic rings. The number of benzene rings is 2. The van der Waals surface area contributed by atoms with E-state index < -0.39 is 0 Å². The molecule has 0 bridgehead atoms. The minimum atomic E-state index is -0.0979. The Kier molecular flexibility index (Phi) is 8.68. The van der Waals surface area contributed by atoms with Gasteiger partial charge in [0.1, 0.15) is 5.75 Å². The Hall–Kier alpha value is -2.86. The molecular weight excluding hydrogens is 420 g/mol. The lowest BCUT2D eigenvalue weighted by Gasteiger charge is -2.28. The summed E-state index contributed by atoms with van der Waals surface area (Å²) in [4.78, 5) is 11.5. The van der Waals surface area contributed by atoms with E-state index in [1.807, 2.05) is 29.7 Å². The predicted molar refractivity (Wildman–Crippen MR) is 133 cm³/mol. The first-order valence-electron chi connectivity index (χ1n) is 10.9. The molecule has 0 amide bonds. The van der Waals surface area contributed by atoms with Crippen LogP contribution in [0.5, 0.6) is 5.75 Å². The molecule has 0 saturated heterocycles. The van der Waals surface area contributed by atoms with E-state index in [0.29, 0.717) is 24.0 Å². The highest BCUT2D eigenvalue weighted by atomic mass is 32.2. The lowest BCUT2D eigenvalue weighted by Crippen LogP contribution is -2.17. The summed E-state index contributed by atoms with van der Waals surface area (Å²) in [6.45, 7) is 4.06. The van der Waals surface area contributed by atoms with Gasteiger partial charge in [-0.3, -0.25) is 4.79 Å². The molecule has 1 saturated carbocycles. The first-order chi connectivity index (χ1) is 15.5. The average molecular weight is 453 g/mol. The summed E-state index contributed by atoms with van der Waals surface area (Å²) in [6, 6.07) is 16.2. The van der Waals surface area contributed by atoms with Crippen LogP contribution in [-0.2, 0) is 9.53 Å². The molecule has 0 heterocycles. The largest absolute Gasteiger partial charge is 0.497 e. The molecule has 0 aliphatic heterocycles. The van der Waals surface area contributed by atoms with Crippen molar-refractivity contribution in [3.8, 4) is 5.75 Å². The van der Waals surface area contributed by atoms with Gasteiger partial charge in [-0.05, 0) is 60.8 Å². The summed E-state index contributed by atoms with van der Waals surface area (Å²) in [6.07, 6.45) is 4.90. The molecule has 3 rings (SSSR count). The number of anilines is 1. The third kappa shape index (κ3) is 6.82. The summed E-state index contributed by atoms with van der Waals surface area (Å²) in [5.74, 6) is 1.69. The van der Waals surface area contributed by atoms with Gasteiger partial charge in [0.2, 0.25) is 0 Å². The number of rotatable bonds is 9. The lowest BCUT2D eigenvalue weighted by atomic mass is 9.77. The second-order valence-electron chi connectivity index (χ2n) is 8.09. The molecule has 0 spiro atoms. The van der Waals surface area contributed by atoms with Crippen molar-refractivity contribution in [2.24, 2.45) is 11.7 Å².